The molecule has 0 aliphatic heterocycles. The predicted molar refractivity (Wildman–Crippen MR) is 149 cm³/mol. The molecule has 0 heterocycles. The van der Waals surface area contributed by atoms with Crippen molar-refractivity contribution >= 4 is 55.0 Å². The Morgan fingerprint density at radius 3 is 1.18 bits per heavy atom. The fraction of sp³-hybridized carbons (Fsp3) is 0.353. The summed E-state index contributed by atoms with van der Waals surface area (Å²) in [4.78, 5) is 23.0. The third-order valence-electron chi connectivity index (χ3n) is 9.07. The van der Waals surface area contributed by atoms with E-state index < -0.39 is 11.9 Å². The zero-order chi connectivity index (χ0) is 26.2. The summed E-state index contributed by atoms with van der Waals surface area (Å²) in [6.07, 6.45) is 15.4. The van der Waals surface area contributed by atoms with E-state index in [2.05, 4.69) is 0 Å². The number of carboxylic acids is 2. The number of aromatic carboxylic acids is 2. The Morgan fingerprint density at radius 2 is 0.816 bits per heavy atom. The lowest BCUT2D eigenvalue weighted by molar-refractivity contribution is -0.255. The first-order valence-corrected chi connectivity index (χ1v) is 14.1. The smallest absolute Gasteiger partial charge is 0.0721 e. The van der Waals surface area contributed by atoms with Crippen molar-refractivity contribution in [1.82, 2.24) is 0 Å². The van der Waals surface area contributed by atoms with Crippen LogP contribution in [0.5, 0.6) is 0 Å². The molecule has 38 heavy (non-hydrogen) atoms. The minimum absolute atomic E-state index is 0.146. The lowest BCUT2D eigenvalue weighted by Crippen LogP contribution is -2.22. The van der Waals surface area contributed by atoms with Crippen LogP contribution in [0.15, 0.2) is 60.7 Å². The number of carbonyl (C=O) groups is 2. The summed E-state index contributed by atoms with van der Waals surface area (Å²) in [5.74, 6) is -0.159. The van der Waals surface area contributed by atoms with Gasteiger partial charge in [-0.05, 0) is 54.9 Å². The molecular formula is C34H32O4-2. The van der Waals surface area contributed by atoms with Crippen molar-refractivity contribution in [3.63, 3.8) is 0 Å². The van der Waals surface area contributed by atoms with E-state index in [-0.39, 0.29) is 11.1 Å². The first kappa shape index (κ1) is 24.7. The SMILES string of the molecule is C1CCC(C2CCCCC2)CC1.O=C([O-])c1ccc2c3cccc4c(C(=O)[O-])ccc(c5cccc1c52)c43. The Bertz CT molecular complexity index is 1490. The molecule has 0 atom stereocenters. The summed E-state index contributed by atoms with van der Waals surface area (Å²) in [6.45, 7) is 0. The summed E-state index contributed by atoms with van der Waals surface area (Å²) < 4.78 is 0. The standard InChI is InChI=1S/C22H12O4.C12H22/c23-21(24)17-9-8-16-12-4-2-6-14-18(22(25)26)10-7-15(20(12)14)11-3-1-5-13(17)19(11)16;1-3-7-11(8-4-1)12-9-5-2-6-10-12/h1-10H,(H,23,24)(H,25,26);11-12H,1-10H2/p-2. The van der Waals surface area contributed by atoms with Crippen LogP contribution in [0.25, 0.3) is 43.1 Å². The van der Waals surface area contributed by atoms with E-state index >= 15 is 0 Å². The van der Waals surface area contributed by atoms with Crippen molar-refractivity contribution in [2.24, 2.45) is 11.8 Å². The number of carboxylic acid groups (broad SMARTS) is 2. The highest BCUT2D eigenvalue weighted by Crippen LogP contribution is 2.42. The number of fused-ring (bicyclic) bond motifs is 2. The molecule has 0 saturated heterocycles. The van der Waals surface area contributed by atoms with E-state index in [1.165, 1.54) is 38.5 Å². The largest absolute Gasteiger partial charge is 0.545 e. The van der Waals surface area contributed by atoms with Gasteiger partial charge in [-0.25, -0.2) is 0 Å². The normalized spacial score (nSPS) is 17.2. The van der Waals surface area contributed by atoms with Crippen molar-refractivity contribution in [2.45, 2.75) is 64.2 Å². The Labute approximate surface area is 222 Å². The van der Waals surface area contributed by atoms with Gasteiger partial charge in [-0.15, -0.1) is 0 Å². The minimum atomic E-state index is -1.22. The van der Waals surface area contributed by atoms with Gasteiger partial charge in [0.25, 0.3) is 0 Å². The first-order valence-electron chi connectivity index (χ1n) is 14.1. The van der Waals surface area contributed by atoms with Crippen LogP contribution < -0.4 is 10.2 Å². The number of rotatable bonds is 3. The Kier molecular flexibility index (Phi) is 6.65. The van der Waals surface area contributed by atoms with Crippen LogP contribution >= 0.6 is 0 Å². The minimum Gasteiger partial charge on any atom is -0.545 e. The van der Waals surface area contributed by atoms with Gasteiger partial charge >= 0.3 is 0 Å². The molecule has 0 spiro atoms. The van der Waals surface area contributed by atoms with Crippen molar-refractivity contribution < 1.29 is 19.8 Å². The Balaban J connectivity index is 0.000000184. The monoisotopic (exact) mass is 504 g/mol. The molecule has 2 fully saturated rings. The second-order valence-electron chi connectivity index (χ2n) is 11.1. The number of hydrogen-bond donors (Lipinski definition) is 0. The maximum atomic E-state index is 11.5. The highest BCUT2D eigenvalue weighted by Gasteiger charge is 2.24. The van der Waals surface area contributed by atoms with Crippen LogP contribution in [0.4, 0.5) is 0 Å². The van der Waals surface area contributed by atoms with Crippen LogP contribution in [-0.4, -0.2) is 11.9 Å². The van der Waals surface area contributed by atoms with Crippen molar-refractivity contribution in [3.8, 4) is 0 Å². The molecule has 2 aliphatic carbocycles. The van der Waals surface area contributed by atoms with E-state index in [0.29, 0.717) is 10.8 Å². The topological polar surface area (TPSA) is 80.3 Å². The van der Waals surface area contributed by atoms with E-state index in [0.717, 1.165) is 44.2 Å². The van der Waals surface area contributed by atoms with Gasteiger partial charge in [-0.1, -0.05) is 125 Å². The van der Waals surface area contributed by atoms with Gasteiger partial charge in [-0.3, -0.25) is 0 Å². The molecule has 4 nitrogen and oxygen atoms in total. The summed E-state index contributed by atoms with van der Waals surface area (Å²) in [6, 6.07) is 17.6. The molecule has 0 aromatic heterocycles. The predicted octanol–water partition coefficient (Wildman–Crippen LogP) is 6.61. The van der Waals surface area contributed by atoms with Gasteiger partial charge in [0.05, 0.1) is 11.9 Å². The van der Waals surface area contributed by atoms with Gasteiger partial charge in [0.15, 0.2) is 0 Å². The first-order chi connectivity index (χ1) is 18.5. The molecular weight excluding hydrogens is 472 g/mol. The summed E-state index contributed by atoms with van der Waals surface area (Å²) in [7, 11) is 0. The Morgan fingerprint density at radius 1 is 0.474 bits per heavy atom. The van der Waals surface area contributed by atoms with E-state index in [1.54, 1.807) is 74.2 Å². The molecule has 0 radical (unpaired) electrons. The zero-order valence-electron chi connectivity index (χ0n) is 21.6. The molecule has 5 aromatic rings. The van der Waals surface area contributed by atoms with Gasteiger partial charge in [0, 0.05) is 11.1 Å². The van der Waals surface area contributed by atoms with Crippen LogP contribution in [-0.2, 0) is 0 Å². The molecule has 0 amide bonds. The lowest BCUT2D eigenvalue weighted by Gasteiger charge is -2.32. The van der Waals surface area contributed by atoms with Gasteiger partial charge in [-0.2, -0.15) is 0 Å². The molecule has 2 aliphatic rings. The number of benzene rings is 5. The van der Waals surface area contributed by atoms with E-state index in [9.17, 15) is 19.8 Å². The maximum absolute atomic E-state index is 11.5. The zero-order valence-corrected chi connectivity index (χ0v) is 21.6. The quantitative estimate of drug-likeness (QED) is 0.204. The summed E-state index contributed by atoms with van der Waals surface area (Å²) in [5.41, 5.74) is 0.292. The van der Waals surface area contributed by atoms with Crippen LogP contribution in [0.3, 0.4) is 0 Å². The summed E-state index contributed by atoms with van der Waals surface area (Å²) >= 11 is 0. The van der Waals surface area contributed by atoms with E-state index in [1.807, 2.05) is 12.1 Å². The molecule has 194 valence electrons. The maximum Gasteiger partial charge on any atom is 0.0721 e. The highest BCUT2D eigenvalue weighted by molar-refractivity contribution is 6.35. The fourth-order valence-electron chi connectivity index (χ4n) is 7.28. The third kappa shape index (κ3) is 4.26. The molecule has 0 N–H and O–H groups in total. The van der Waals surface area contributed by atoms with E-state index in [4.69, 9.17) is 0 Å². The molecule has 4 heteroatoms. The van der Waals surface area contributed by atoms with Crippen molar-refractivity contribution in [2.75, 3.05) is 0 Å². The van der Waals surface area contributed by atoms with Gasteiger partial charge in [0.2, 0.25) is 0 Å². The molecule has 0 unspecified atom stereocenters. The van der Waals surface area contributed by atoms with Crippen molar-refractivity contribution in [3.05, 3.63) is 71.8 Å². The highest BCUT2D eigenvalue weighted by atomic mass is 16.4. The number of carbonyl (C=O) groups excluding carboxylic acids is 2. The average molecular weight is 505 g/mol. The summed E-state index contributed by atoms with van der Waals surface area (Å²) in [5, 5.41) is 29.5. The van der Waals surface area contributed by atoms with Gasteiger partial charge < -0.3 is 19.8 Å². The lowest BCUT2D eigenvalue weighted by atomic mass is 9.73. The van der Waals surface area contributed by atoms with Crippen molar-refractivity contribution in [1.29, 1.82) is 0 Å². The fourth-order valence-corrected chi connectivity index (χ4v) is 7.28. The van der Waals surface area contributed by atoms with Crippen LogP contribution in [0.1, 0.15) is 84.9 Å². The number of hydrogen-bond acceptors (Lipinski definition) is 4. The molecule has 0 bridgehead atoms. The van der Waals surface area contributed by atoms with Crippen LogP contribution in [0, 0.1) is 11.8 Å². The second-order valence-corrected chi connectivity index (χ2v) is 11.1. The molecule has 7 rings (SSSR count). The third-order valence-corrected chi connectivity index (χ3v) is 9.07. The Hall–Kier alpha value is -3.66. The second kappa shape index (κ2) is 10.2. The molecule has 2 saturated carbocycles. The average Bonchev–Trinajstić information content (AvgIpc) is 2.96. The van der Waals surface area contributed by atoms with Crippen LogP contribution in [0.2, 0.25) is 0 Å². The van der Waals surface area contributed by atoms with Gasteiger partial charge in [0.1, 0.15) is 0 Å². The molecule has 5 aromatic carbocycles.